The first kappa shape index (κ1) is 14.4. The lowest BCUT2D eigenvalue weighted by atomic mass is 10.1. The van der Waals surface area contributed by atoms with Crippen LogP contribution >= 0.6 is 27.5 Å². The highest BCUT2D eigenvalue weighted by Gasteiger charge is 2.12. The Bertz CT molecular complexity index is 533. The SMILES string of the molecule is COCC(Nc1ccc(Cl)cc1Br)c1ccccc1. The quantitative estimate of drug-likeness (QED) is 0.835. The molecule has 4 heteroatoms. The van der Waals surface area contributed by atoms with E-state index >= 15 is 0 Å². The van der Waals surface area contributed by atoms with E-state index in [9.17, 15) is 0 Å². The minimum atomic E-state index is 0.101. The first-order valence-corrected chi connectivity index (χ1v) is 7.13. The monoisotopic (exact) mass is 339 g/mol. The first-order valence-electron chi connectivity index (χ1n) is 5.96. The van der Waals surface area contributed by atoms with Crippen LogP contribution in [0, 0.1) is 0 Å². The maximum Gasteiger partial charge on any atom is 0.0747 e. The summed E-state index contributed by atoms with van der Waals surface area (Å²) in [4.78, 5) is 0. The van der Waals surface area contributed by atoms with Crippen molar-refractivity contribution in [1.82, 2.24) is 0 Å². The predicted molar refractivity (Wildman–Crippen MR) is 83.8 cm³/mol. The van der Waals surface area contributed by atoms with Crippen molar-refractivity contribution in [2.24, 2.45) is 0 Å². The third-order valence-corrected chi connectivity index (χ3v) is 3.69. The fourth-order valence-corrected chi connectivity index (χ4v) is 2.66. The van der Waals surface area contributed by atoms with Gasteiger partial charge >= 0.3 is 0 Å². The van der Waals surface area contributed by atoms with Gasteiger partial charge in [-0.1, -0.05) is 41.9 Å². The van der Waals surface area contributed by atoms with Crippen LogP contribution in [0.15, 0.2) is 53.0 Å². The summed E-state index contributed by atoms with van der Waals surface area (Å²) in [6.45, 7) is 0.596. The van der Waals surface area contributed by atoms with Crippen molar-refractivity contribution in [3.63, 3.8) is 0 Å². The number of hydrogen-bond donors (Lipinski definition) is 1. The van der Waals surface area contributed by atoms with Gasteiger partial charge in [-0.2, -0.15) is 0 Å². The van der Waals surface area contributed by atoms with E-state index in [1.54, 1.807) is 7.11 Å². The van der Waals surface area contributed by atoms with E-state index in [2.05, 4.69) is 33.4 Å². The van der Waals surface area contributed by atoms with Crippen LogP contribution in [0.5, 0.6) is 0 Å². The molecule has 0 fully saturated rings. The number of methoxy groups -OCH3 is 1. The summed E-state index contributed by atoms with van der Waals surface area (Å²) in [5, 5.41) is 4.17. The van der Waals surface area contributed by atoms with E-state index in [-0.39, 0.29) is 6.04 Å². The molecule has 100 valence electrons. The Hall–Kier alpha value is -1.03. The number of anilines is 1. The molecule has 0 amide bonds. The Balaban J connectivity index is 2.21. The molecule has 0 saturated heterocycles. The van der Waals surface area contributed by atoms with E-state index in [4.69, 9.17) is 16.3 Å². The number of rotatable bonds is 5. The molecule has 2 nitrogen and oxygen atoms in total. The summed E-state index contributed by atoms with van der Waals surface area (Å²) < 4.78 is 6.23. The molecular formula is C15H15BrClNO. The van der Waals surface area contributed by atoms with Gasteiger partial charge in [-0.15, -0.1) is 0 Å². The van der Waals surface area contributed by atoms with Gasteiger partial charge in [0.15, 0.2) is 0 Å². The molecule has 1 unspecified atom stereocenters. The van der Waals surface area contributed by atoms with Gasteiger partial charge in [-0.3, -0.25) is 0 Å². The van der Waals surface area contributed by atoms with Gasteiger partial charge < -0.3 is 10.1 Å². The van der Waals surface area contributed by atoms with Gasteiger partial charge in [-0.25, -0.2) is 0 Å². The van der Waals surface area contributed by atoms with Crippen molar-refractivity contribution >= 4 is 33.2 Å². The lowest BCUT2D eigenvalue weighted by Crippen LogP contribution is -2.16. The molecule has 2 aromatic carbocycles. The number of halogens is 2. The van der Waals surface area contributed by atoms with Crippen molar-refractivity contribution in [1.29, 1.82) is 0 Å². The molecule has 0 saturated carbocycles. The third-order valence-electron chi connectivity index (χ3n) is 2.80. The zero-order chi connectivity index (χ0) is 13.7. The number of benzene rings is 2. The zero-order valence-corrected chi connectivity index (χ0v) is 12.9. The molecule has 2 aromatic rings. The lowest BCUT2D eigenvalue weighted by Gasteiger charge is -2.20. The molecule has 0 aromatic heterocycles. The lowest BCUT2D eigenvalue weighted by molar-refractivity contribution is 0.186. The van der Waals surface area contributed by atoms with E-state index in [0.29, 0.717) is 11.6 Å². The molecule has 2 rings (SSSR count). The molecule has 0 aliphatic rings. The molecule has 19 heavy (non-hydrogen) atoms. The van der Waals surface area contributed by atoms with Crippen LogP contribution in [0.25, 0.3) is 0 Å². The Morgan fingerprint density at radius 1 is 1.21 bits per heavy atom. The Labute approximate surface area is 126 Å². The van der Waals surface area contributed by atoms with E-state index in [0.717, 1.165) is 10.2 Å². The summed E-state index contributed by atoms with van der Waals surface area (Å²) >= 11 is 9.46. The van der Waals surface area contributed by atoms with Crippen molar-refractivity contribution in [3.8, 4) is 0 Å². The first-order chi connectivity index (χ1) is 9.20. The fourth-order valence-electron chi connectivity index (χ4n) is 1.87. The minimum Gasteiger partial charge on any atom is -0.382 e. The molecule has 0 radical (unpaired) electrons. The summed E-state index contributed by atoms with van der Waals surface area (Å²) in [5.41, 5.74) is 2.18. The molecule has 0 aliphatic carbocycles. The maximum atomic E-state index is 5.95. The summed E-state index contributed by atoms with van der Waals surface area (Å²) in [6, 6.07) is 16.0. The van der Waals surface area contributed by atoms with Gasteiger partial charge in [-0.05, 0) is 39.7 Å². The zero-order valence-electron chi connectivity index (χ0n) is 10.6. The summed E-state index contributed by atoms with van der Waals surface area (Å²) in [6.07, 6.45) is 0. The number of nitrogens with one attached hydrogen (secondary N) is 1. The Morgan fingerprint density at radius 2 is 1.95 bits per heavy atom. The Morgan fingerprint density at radius 3 is 2.58 bits per heavy atom. The van der Waals surface area contributed by atoms with Crippen LogP contribution in [0.1, 0.15) is 11.6 Å². The molecule has 0 aliphatic heterocycles. The molecular weight excluding hydrogens is 326 g/mol. The largest absolute Gasteiger partial charge is 0.382 e. The van der Waals surface area contributed by atoms with E-state index in [1.165, 1.54) is 5.56 Å². The average molecular weight is 341 g/mol. The minimum absolute atomic E-state index is 0.101. The topological polar surface area (TPSA) is 21.3 Å². The van der Waals surface area contributed by atoms with Crippen LogP contribution in [0.2, 0.25) is 5.02 Å². The Kier molecular flexibility index (Phi) is 5.25. The maximum absolute atomic E-state index is 5.95. The van der Waals surface area contributed by atoms with Crippen molar-refractivity contribution in [2.45, 2.75) is 6.04 Å². The fraction of sp³-hybridized carbons (Fsp3) is 0.200. The van der Waals surface area contributed by atoms with Gasteiger partial charge in [0.2, 0.25) is 0 Å². The highest BCUT2D eigenvalue weighted by Crippen LogP contribution is 2.29. The van der Waals surface area contributed by atoms with Crippen LogP contribution in [0.3, 0.4) is 0 Å². The van der Waals surface area contributed by atoms with Crippen LogP contribution < -0.4 is 5.32 Å². The van der Waals surface area contributed by atoms with Crippen molar-refractivity contribution in [2.75, 3.05) is 19.0 Å². The van der Waals surface area contributed by atoms with E-state index < -0.39 is 0 Å². The highest BCUT2D eigenvalue weighted by atomic mass is 79.9. The normalized spacial score (nSPS) is 12.2. The average Bonchev–Trinajstić information content (AvgIpc) is 2.42. The molecule has 0 bridgehead atoms. The van der Waals surface area contributed by atoms with E-state index in [1.807, 2.05) is 36.4 Å². The second kappa shape index (κ2) is 6.94. The van der Waals surface area contributed by atoms with Crippen LogP contribution in [-0.4, -0.2) is 13.7 Å². The molecule has 0 heterocycles. The second-order valence-electron chi connectivity index (χ2n) is 4.19. The number of ether oxygens (including phenoxy) is 1. The summed E-state index contributed by atoms with van der Waals surface area (Å²) in [7, 11) is 1.70. The van der Waals surface area contributed by atoms with Crippen molar-refractivity contribution < 1.29 is 4.74 Å². The standard InChI is InChI=1S/C15H15BrClNO/c1-19-10-15(11-5-3-2-4-6-11)18-14-8-7-12(17)9-13(14)16/h2-9,15,18H,10H2,1H3. The van der Waals surface area contributed by atoms with Gasteiger partial charge in [0.25, 0.3) is 0 Å². The molecule has 1 N–H and O–H groups in total. The van der Waals surface area contributed by atoms with Gasteiger partial charge in [0, 0.05) is 22.3 Å². The second-order valence-corrected chi connectivity index (χ2v) is 5.48. The summed E-state index contributed by atoms with van der Waals surface area (Å²) in [5.74, 6) is 0. The van der Waals surface area contributed by atoms with Crippen molar-refractivity contribution in [3.05, 3.63) is 63.6 Å². The van der Waals surface area contributed by atoms with Gasteiger partial charge in [0.05, 0.1) is 12.6 Å². The van der Waals surface area contributed by atoms with Crippen LogP contribution in [0.4, 0.5) is 5.69 Å². The smallest absolute Gasteiger partial charge is 0.0747 e. The highest BCUT2D eigenvalue weighted by molar-refractivity contribution is 9.10. The van der Waals surface area contributed by atoms with Gasteiger partial charge in [0.1, 0.15) is 0 Å². The predicted octanol–water partition coefficient (Wildman–Crippen LogP) is 4.90. The molecule has 1 atom stereocenters. The third kappa shape index (κ3) is 3.96. The molecule has 0 spiro atoms. The van der Waals surface area contributed by atoms with Crippen LogP contribution in [-0.2, 0) is 4.74 Å². The number of hydrogen-bond acceptors (Lipinski definition) is 2.